The largest absolute Gasteiger partial charge is 0.497 e. The molecule has 0 amide bonds. The Morgan fingerprint density at radius 1 is 1.08 bits per heavy atom. The molecule has 0 unspecified atom stereocenters. The summed E-state index contributed by atoms with van der Waals surface area (Å²) in [5.41, 5.74) is 1.08. The molecule has 0 spiro atoms. The molecule has 0 bridgehead atoms. The van der Waals surface area contributed by atoms with Crippen LogP contribution in [0.2, 0.25) is 0 Å². The van der Waals surface area contributed by atoms with Crippen molar-refractivity contribution in [3.05, 3.63) is 70.1 Å². The molecule has 0 fully saturated rings. The van der Waals surface area contributed by atoms with Crippen LogP contribution in [0.25, 0.3) is 10.8 Å². The number of H-pyrrole nitrogens is 1. The number of hydrogen-bond acceptors (Lipinski definition) is 5. The van der Waals surface area contributed by atoms with Crippen molar-refractivity contribution in [3.8, 4) is 5.75 Å². The molecule has 1 N–H and O–H groups in total. The minimum atomic E-state index is -0.407. The molecule has 3 aromatic rings. The van der Waals surface area contributed by atoms with Crippen LogP contribution in [0.3, 0.4) is 0 Å². The summed E-state index contributed by atoms with van der Waals surface area (Å²) in [6.07, 6.45) is -0.00650. The van der Waals surface area contributed by atoms with E-state index in [0.717, 1.165) is 11.3 Å². The van der Waals surface area contributed by atoms with Crippen LogP contribution in [0.15, 0.2) is 53.3 Å². The number of aromatic amines is 1. The predicted octanol–water partition coefficient (Wildman–Crippen LogP) is 2.22. The molecule has 0 aliphatic rings. The zero-order valence-electron chi connectivity index (χ0n) is 13.1. The first-order valence-electron chi connectivity index (χ1n) is 7.42. The zero-order chi connectivity index (χ0) is 16.9. The van der Waals surface area contributed by atoms with Crippen LogP contribution in [0.4, 0.5) is 0 Å². The lowest BCUT2D eigenvalue weighted by molar-refractivity contribution is -0.144. The standard InChI is InChI=1S/C18H16N2O4/c1-23-13-8-6-12(7-9-13)11-24-17(21)10-16-14-4-2-3-5-15(14)18(22)20-19-16/h2-9H,10-11H2,1H3,(H,20,22). The molecule has 122 valence electrons. The van der Waals surface area contributed by atoms with E-state index in [1.54, 1.807) is 43.5 Å². The predicted molar refractivity (Wildman–Crippen MR) is 88.9 cm³/mol. The molecule has 3 rings (SSSR count). The molecular weight excluding hydrogens is 308 g/mol. The summed E-state index contributed by atoms with van der Waals surface area (Å²) in [6.45, 7) is 0.171. The summed E-state index contributed by atoms with van der Waals surface area (Å²) >= 11 is 0. The van der Waals surface area contributed by atoms with Crippen LogP contribution in [-0.4, -0.2) is 23.3 Å². The Hall–Kier alpha value is -3.15. The lowest BCUT2D eigenvalue weighted by Crippen LogP contribution is -2.15. The number of nitrogens with zero attached hydrogens (tertiary/aromatic N) is 1. The number of benzene rings is 2. The summed E-state index contributed by atoms with van der Waals surface area (Å²) < 4.78 is 10.4. The van der Waals surface area contributed by atoms with Gasteiger partial charge in [0.05, 0.1) is 24.6 Å². The minimum Gasteiger partial charge on any atom is -0.497 e. The van der Waals surface area contributed by atoms with E-state index in [1.165, 1.54) is 0 Å². The Labute approximate surface area is 138 Å². The Morgan fingerprint density at radius 2 is 1.79 bits per heavy atom. The van der Waals surface area contributed by atoms with E-state index < -0.39 is 5.97 Å². The average molecular weight is 324 g/mol. The van der Waals surface area contributed by atoms with Crippen LogP contribution in [0, 0.1) is 0 Å². The Bertz CT molecular complexity index is 916. The fourth-order valence-electron chi connectivity index (χ4n) is 2.38. The SMILES string of the molecule is COc1ccc(COC(=O)Cc2n[nH]c(=O)c3ccccc23)cc1. The van der Waals surface area contributed by atoms with Gasteiger partial charge in [0.2, 0.25) is 0 Å². The van der Waals surface area contributed by atoms with Crippen molar-refractivity contribution in [2.45, 2.75) is 13.0 Å². The molecule has 1 aromatic heterocycles. The van der Waals surface area contributed by atoms with Crippen molar-refractivity contribution in [2.24, 2.45) is 0 Å². The average Bonchev–Trinajstić information content (AvgIpc) is 2.63. The third-order valence-electron chi connectivity index (χ3n) is 3.65. The maximum absolute atomic E-state index is 12.1. The van der Waals surface area contributed by atoms with Gasteiger partial charge in [-0.3, -0.25) is 9.59 Å². The maximum atomic E-state index is 12.1. The molecular formula is C18H16N2O4. The summed E-state index contributed by atoms with van der Waals surface area (Å²) in [5.74, 6) is 0.338. The van der Waals surface area contributed by atoms with Gasteiger partial charge < -0.3 is 9.47 Å². The number of methoxy groups -OCH3 is 1. The number of nitrogens with one attached hydrogen (secondary N) is 1. The van der Waals surface area contributed by atoms with Gasteiger partial charge in [-0.15, -0.1) is 0 Å². The second-order valence-corrected chi connectivity index (χ2v) is 5.23. The molecule has 24 heavy (non-hydrogen) atoms. The summed E-state index contributed by atoms with van der Waals surface area (Å²) in [4.78, 5) is 23.8. The number of aromatic nitrogens is 2. The van der Waals surface area contributed by atoms with Gasteiger partial charge in [0.25, 0.3) is 5.56 Å². The number of esters is 1. The molecule has 0 radical (unpaired) electrons. The molecule has 0 saturated carbocycles. The van der Waals surface area contributed by atoms with Gasteiger partial charge in [0.15, 0.2) is 0 Å². The molecule has 0 aliphatic carbocycles. The highest BCUT2D eigenvalue weighted by molar-refractivity contribution is 5.86. The number of hydrogen-bond donors (Lipinski definition) is 1. The molecule has 1 heterocycles. The van der Waals surface area contributed by atoms with E-state index in [-0.39, 0.29) is 18.6 Å². The lowest BCUT2D eigenvalue weighted by atomic mass is 10.1. The number of carbonyl (C=O) groups excluding carboxylic acids is 1. The fourth-order valence-corrected chi connectivity index (χ4v) is 2.38. The van der Waals surface area contributed by atoms with Gasteiger partial charge in [-0.05, 0) is 23.8 Å². The minimum absolute atomic E-state index is 0.00650. The molecule has 0 saturated heterocycles. The maximum Gasteiger partial charge on any atom is 0.312 e. The second kappa shape index (κ2) is 6.95. The molecule has 0 atom stereocenters. The third kappa shape index (κ3) is 3.43. The Balaban J connectivity index is 1.69. The van der Waals surface area contributed by atoms with Gasteiger partial charge in [0, 0.05) is 5.39 Å². The number of fused-ring (bicyclic) bond motifs is 1. The third-order valence-corrected chi connectivity index (χ3v) is 3.65. The summed E-state index contributed by atoms with van der Waals surface area (Å²) in [7, 11) is 1.59. The first-order valence-corrected chi connectivity index (χ1v) is 7.42. The normalized spacial score (nSPS) is 10.5. The van der Waals surface area contributed by atoms with Crippen molar-refractivity contribution >= 4 is 16.7 Å². The van der Waals surface area contributed by atoms with Gasteiger partial charge >= 0.3 is 5.97 Å². The van der Waals surface area contributed by atoms with E-state index in [2.05, 4.69) is 10.2 Å². The molecule has 6 nitrogen and oxygen atoms in total. The summed E-state index contributed by atoms with van der Waals surface area (Å²) in [5, 5.41) is 7.54. The van der Waals surface area contributed by atoms with Gasteiger partial charge in [0.1, 0.15) is 12.4 Å². The topological polar surface area (TPSA) is 81.3 Å². The second-order valence-electron chi connectivity index (χ2n) is 5.23. The van der Waals surface area contributed by atoms with E-state index in [0.29, 0.717) is 16.5 Å². The van der Waals surface area contributed by atoms with Gasteiger partial charge in [-0.1, -0.05) is 30.3 Å². The van der Waals surface area contributed by atoms with Crippen LogP contribution in [0.1, 0.15) is 11.3 Å². The lowest BCUT2D eigenvalue weighted by Gasteiger charge is -2.07. The van der Waals surface area contributed by atoms with E-state index in [1.807, 2.05) is 12.1 Å². The monoisotopic (exact) mass is 324 g/mol. The Morgan fingerprint density at radius 3 is 2.50 bits per heavy atom. The number of rotatable bonds is 5. The highest BCUT2D eigenvalue weighted by Crippen LogP contribution is 2.15. The van der Waals surface area contributed by atoms with Crippen LogP contribution < -0.4 is 10.3 Å². The first kappa shape index (κ1) is 15.7. The van der Waals surface area contributed by atoms with Crippen molar-refractivity contribution in [2.75, 3.05) is 7.11 Å². The molecule has 6 heteroatoms. The van der Waals surface area contributed by atoms with E-state index in [9.17, 15) is 9.59 Å². The fraction of sp³-hybridized carbons (Fsp3) is 0.167. The first-order chi connectivity index (χ1) is 11.7. The van der Waals surface area contributed by atoms with Crippen molar-refractivity contribution in [1.82, 2.24) is 10.2 Å². The molecule has 0 aliphatic heterocycles. The van der Waals surface area contributed by atoms with Crippen LogP contribution in [0.5, 0.6) is 5.75 Å². The Kier molecular flexibility index (Phi) is 4.56. The summed E-state index contributed by atoms with van der Waals surface area (Å²) in [6, 6.07) is 14.3. The smallest absolute Gasteiger partial charge is 0.312 e. The highest BCUT2D eigenvalue weighted by atomic mass is 16.5. The van der Waals surface area contributed by atoms with Crippen LogP contribution >= 0.6 is 0 Å². The van der Waals surface area contributed by atoms with Crippen molar-refractivity contribution < 1.29 is 14.3 Å². The molecule has 2 aromatic carbocycles. The van der Waals surface area contributed by atoms with Gasteiger partial charge in [-0.25, -0.2) is 5.10 Å². The van der Waals surface area contributed by atoms with E-state index in [4.69, 9.17) is 9.47 Å². The van der Waals surface area contributed by atoms with Crippen molar-refractivity contribution in [1.29, 1.82) is 0 Å². The number of ether oxygens (including phenoxy) is 2. The van der Waals surface area contributed by atoms with Gasteiger partial charge in [-0.2, -0.15) is 5.10 Å². The zero-order valence-corrected chi connectivity index (χ0v) is 13.1. The van der Waals surface area contributed by atoms with Crippen molar-refractivity contribution in [3.63, 3.8) is 0 Å². The quantitative estimate of drug-likeness (QED) is 0.728. The van der Waals surface area contributed by atoms with E-state index >= 15 is 0 Å². The number of carbonyl (C=O) groups is 1. The van der Waals surface area contributed by atoms with Crippen LogP contribution in [-0.2, 0) is 22.6 Å². The highest BCUT2D eigenvalue weighted by Gasteiger charge is 2.11.